The number of fused-ring (bicyclic) bond motifs is 7. The van der Waals surface area contributed by atoms with Crippen molar-refractivity contribution < 1.29 is 4.42 Å². The number of rotatable bonds is 6. The molecule has 0 aliphatic rings. The largest absolute Gasteiger partial charge is 0.456 e. The zero-order valence-corrected chi connectivity index (χ0v) is 29.9. The molecule has 0 aliphatic heterocycles. The summed E-state index contributed by atoms with van der Waals surface area (Å²) < 4.78 is 8.76. The van der Waals surface area contributed by atoms with Crippen LogP contribution in [0.15, 0.2) is 211 Å². The van der Waals surface area contributed by atoms with Crippen molar-refractivity contribution in [3.8, 4) is 27.9 Å². The molecule has 2 heterocycles. The van der Waals surface area contributed by atoms with Gasteiger partial charge in [0.05, 0.1) is 22.4 Å². The summed E-state index contributed by atoms with van der Waals surface area (Å²) in [6.07, 6.45) is 0. The fourth-order valence-electron chi connectivity index (χ4n) is 8.43. The summed E-state index contributed by atoms with van der Waals surface area (Å²) in [5, 5.41) is 7.18. The van der Waals surface area contributed by atoms with Crippen molar-refractivity contribution in [1.82, 2.24) is 4.57 Å². The van der Waals surface area contributed by atoms with Crippen molar-refractivity contribution >= 4 is 71.6 Å². The third kappa shape index (κ3) is 5.13. The lowest BCUT2D eigenvalue weighted by Crippen LogP contribution is -2.11. The Kier molecular flexibility index (Phi) is 7.17. The molecule has 0 radical (unpaired) electrons. The summed E-state index contributed by atoms with van der Waals surface area (Å²) in [5.41, 5.74) is 13.2. The van der Waals surface area contributed by atoms with Crippen molar-refractivity contribution in [2.45, 2.75) is 0 Å². The molecule has 0 bridgehead atoms. The highest BCUT2D eigenvalue weighted by Crippen LogP contribution is 2.44. The lowest BCUT2D eigenvalue weighted by Gasteiger charge is -2.28. The standard InChI is InChI=1S/C52H34N2O/c1-2-14-37-33-40(31-25-35(37)13-1)53(47-20-8-4-16-42(47)38-28-32-46-45-19-7-12-24-51(45)55-52(46)34-38)39-29-26-36(27-30-39)41-15-3-9-21-48(41)54-49-22-10-5-17-43(49)44-18-6-11-23-50(44)54/h1-34H. The van der Waals surface area contributed by atoms with Crippen LogP contribution in [0.4, 0.5) is 17.1 Å². The molecular weight excluding hydrogens is 669 g/mol. The quantitative estimate of drug-likeness (QED) is 0.172. The Balaban J connectivity index is 1.07. The minimum Gasteiger partial charge on any atom is -0.456 e. The third-order valence-electron chi connectivity index (χ3n) is 11.0. The zero-order chi connectivity index (χ0) is 36.3. The van der Waals surface area contributed by atoms with E-state index in [1.165, 1.54) is 38.1 Å². The molecule has 0 saturated carbocycles. The van der Waals surface area contributed by atoms with Gasteiger partial charge < -0.3 is 13.9 Å². The van der Waals surface area contributed by atoms with Crippen molar-refractivity contribution in [1.29, 1.82) is 0 Å². The average molecular weight is 703 g/mol. The molecule has 258 valence electrons. The second kappa shape index (κ2) is 12.6. The van der Waals surface area contributed by atoms with Crippen LogP contribution in [0, 0.1) is 0 Å². The lowest BCUT2D eigenvalue weighted by molar-refractivity contribution is 0.669. The number of hydrogen-bond acceptors (Lipinski definition) is 2. The Labute approximate surface area is 318 Å². The van der Waals surface area contributed by atoms with E-state index in [4.69, 9.17) is 4.42 Å². The Morgan fingerprint density at radius 1 is 0.364 bits per heavy atom. The van der Waals surface area contributed by atoms with Crippen LogP contribution in [0.2, 0.25) is 0 Å². The van der Waals surface area contributed by atoms with Gasteiger partial charge in [0.1, 0.15) is 11.2 Å². The van der Waals surface area contributed by atoms with Gasteiger partial charge in [0, 0.05) is 44.0 Å². The number of hydrogen-bond donors (Lipinski definition) is 0. The molecule has 55 heavy (non-hydrogen) atoms. The van der Waals surface area contributed by atoms with Gasteiger partial charge in [0.2, 0.25) is 0 Å². The molecule has 2 aromatic heterocycles. The van der Waals surface area contributed by atoms with Gasteiger partial charge in [0.25, 0.3) is 0 Å². The van der Waals surface area contributed by atoms with Crippen LogP contribution in [0.5, 0.6) is 0 Å². The van der Waals surface area contributed by atoms with Gasteiger partial charge in [-0.2, -0.15) is 0 Å². The topological polar surface area (TPSA) is 21.3 Å². The predicted octanol–water partition coefficient (Wildman–Crippen LogP) is 14.6. The molecule has 3 nitrogen and oxygen atoms in total. The molecule has 0 saturated heterocycles. The highest BCUT2D eigenvalue weighted by molar-refractivity contribution is 6.10. The van der Waals surface area contributed by atoms with Gasteiger partial charge in [-0.25, -0.2) is 0 Å². The van der Waals surface area contributed by atoms with E-state index >= 15 is 0 Å². The van der Waals surface area contributed by atoms with Gasteiger partial charge >= 0.3 is 0 Å². The summed E-state index contributed by atoms with van der Waals surface area (Å²) in [5.74, 6) is 0. The predicted molar refractivity (Wildman–Crippen MR) is 231 cm³/mol. The Hall–Kier alpha value is -7.36. The molecule has 0 fully saturated rings. The number of para-hydroxylation sites is 5. The van der Waals surface area contributed by atoms with Crippen molar-refractivity contribution in [3.05, 3.63) is 206 Å². The average Bonchev–Trinajstić information content (AvgIpc) is 3.80. The molecule has 9 aromatic carbocycles. The SMILES string of the molecule is c1ccc(N(c2ccc(-c3ccccc3-n3c4ccccc4c4ccccc43)cc2)c2ccc3ccccc3c2)c(-c2ccc3c(c2)oc2ccccc23)c1. The molecule has 3 heteroatoms. The second-order valence-corrected chi connectivity index (χ2v) is 14.1. The van der Waals surface area contributed by atoms with Crippen LogP contribution in [-0.2, 0) is 0 Å². The van der Waals surface area contributed by atoms with E-state index in [1.54, 1.807) is 0 Å². The Morgan fingerprint density at radius 3 is 1.75 bits per heavy atom. The van der Waals surface area contributed by atoms with Crippen LogP contribution in [0.3, 0.4) is 0 Å². The van der Waals surface area contributed by atoms with Gasteiger partial charge in [0.15, 0.2) is 0 Å². The molecule has 0 atom stereocenters. The second-order valence-electron chi connectivity index (χ2n) is 14.1. The molecule has 11 aromatic rings. The van der Waals surface area contributed by atoms with Gasteiger partial charge in [-0.05, 0) is 88.6 Å². The van der Waals surface area contributed by atoms with E-state index in [1.807, 2.05) is 12.1 Å². The number of nitrogens with zero attached hydrogens (tertiary/aromatic N) is 2. The van der Waals surface area contributed by atoms with Crippen LogP contribution in [0.1, 0.15) is 0 Å². The highest BCUT2D eigenvalue weighted by Gasteiger charge is 2.20. The van der Waals surface area contributed by atoms with Crippen LogP contribution < -0.4 is 4.90 Å². The number of anilines is 3. The maximum Gasteiger partial charge on any atom is 0.136 e. The fourth-order valence-corrected chi connectivity index (χ4v) is 8.43. The Morgan fingerprint density at radius 2 is 0.945 bits per heavy atom. The first-order chi connectivity index (χ1) is 27.3. The molecule has 0 N–H and O–H groups in total. The maximum absolute atomic E-state index is 6.36. The van der Waals surface area contributed by atoms with Crippen LogP contribution in [-0.4, -0.2) is 4.57 Å². The van der Waals surface area contributed by atoms with Crippen molar-refractivity contribution in [2.24, 2.45) is 0 Å². The van der Waals surface area contributed by atoms with Gasteiger partial charge in [-0.3, -0.25) is 0 Å². The molecule has 0 unspecified atom stereocenters. The summed E-state index contributed by atoms with van der Waals surface area (Å²) in [4.78, 5) is 2.38. The van der Waals surface area contributed by atoms with E-state index in [0.29, 0.717) is 0 Å². The third-order valence-corrected chi connectivity index (χ3v) is 11.0. The van der Waals surface area contributed by atoms with Crippen LogP contribution >= 0.6 is 0 Å². The normalized spacial score (nSPS) is 11.6. The minimum absolute atomic E-state index is 0.886. The van der Waals surface area contributed by atoms with Crippen molar-refractivity contribution in [2.75, 3.05) is 4.90 Å². The van der Waals surface area contributed by atoms with E-state index in [-0.39, 0.29) is 0 Å². The fraction of sp³-hybridized carbons (Fsp3) is 0. The molecule has 11 rings (SSSR count). The van der Waals surface area contributed by atoms with E-state index in [0.717, 1.165) is 61.4 Å². The van der Waals surface area contributed by atoms with E-state index in [2.05, 4.69) is 204 Å². The van der Waals surface area contributed by atoms with Gasteiger partial charge in [-0.1, -0.05) is 140 Å². The molecule has 0 aliphatic carbocycles. The molecule has 0 amide bonds. The number of furan rings is 1. The first-order valence-electron chi connectivity index (χ1n) is 18.8. The number of benzene rings is 9. The van der Waals surface area contributed by atoms with E-state index < -0.39 is 0 Å². The number of aromatic nitrogens is 1. The summed E-state index contributed by atoms with van der Waals surface area (Å²) in [6, 6.07) is 74.0. The molecule has 0 spiro atoms. The van der Waals surface area contributed by atoms with Crippen LogP contribution in [0.25, 0.3) is 82.5 Å². The summed E-state index contributed by atoms with van der Waals surface area (Å²) in [6.45, 7) is 0. The minimum atomic E-state index is 0.886. The first kappa shape index (κ1) is 31.2. The summed E-state index contributed by atoms with van der Waals surface area (Å²) >= 11 is 0. The molecular formula is C52H34N2O. The van der Waals surface area contributed by atoms with Crippen molar-refractivity contribution in [3.63, 3.8) is 0 Å². The smallest absolute Gasteiger partial charge is 0.136 e. The Bertz CT molecular complexity index is 3170. The zero-order valence-electron chi connectivity index (χ0n) is 29.9. The van der Waals surface area contributed by atoms with Gasteiger partial charge in [-0.15, -0.1) is 0 Å². The van der Waals surface area contributed by atoms with E-state index in [9.17, 15) is 0 Å². The summed E-state index contributed by atoms with van der Waals surface area (Å²) in [7, 11) is 0. The highest BCUT2D eigenvalue weighted by atomic mass is 16.3. The first-order valence-corrected chi connectivity index (χ1v) is 18.8. The lowest BCUT2D eigenvalue weighted by atomic mass is 9.99. The maximum atomic E-state index is 6.36. The monoisotopic (exact) mass is 702 g/mol.